The maximum Gasteiger partial charge on any atom is 0.243 e. The Balaban J connectivity index is 1.96. The first-order chi connectivity index (χ1) is 11.8. The smallest absolute Gasteiger partial charge is 0.243 e. The van der Waals surface area contributed by atoms with Crippen LogP contribution in [0.5, 0.6) is 5.75 Å². The second-order valence-corrected chi connectivity index (χ2v) is 7.39. The summed E-state index contributed by atoms with van der Waals surface area (Å²) in [6.07, 6.45) is 0. The monoisotopic (exact) mass is 366 g/mol. The normalized spacial score (nSPS) is 11.4. The Morgan fingerprint density at radius 1 is 1.20 bits per heavy atom. The standard InChI is InChI=1S/C17H19FN2O4S/c1-20(25(22,23)16-8-6-14(18)7-9-16)12-17(21)19-11-13-4-3-5-15(10-13)24-2/h3-10H,11-12H2,1-2H3,(H,19,21). The van der Waals surface area contributed by atoms with E-state index in [9.17, 15) is 17.6 Å². The van der Waals surface area contributed by atoms with Gasteiger partial charge in [0, 0.05) is 13.6 Å². The molecule has 0 aliphatic rings. The summed E-state index contributed by atoms with van der Waals surface area (Å²) in [6, 6.07) is 11.6. The van der Waals surface area contributed by atoms with E-state index in [1.807, 2.05) is 6.07 Å². The zero-order chi connectivity index (χ0) is 18.4. The van der Waals surface area contributed by atoms with E-state index in [0.717, 1.165) is 34.1 Å². The summed E-state index contributed by atoms with van der Waals surface area (Å²) in [7, 11) is -1.01. The first-order valence-electron chi connectivity index (χ1n) is 7.44. The van der Waals surface area contributed by atoms with Gasteiger partial charge in [0.1, 0.15) is 11.6 Å². The van der Waals surface area contributed by atoms with Crippen molar-refractivity contribution in [1.29, 1.82) is 0 Å². The van der Waals surface area contributed by atoms with Gasteiger partial charge in [-0.15, -0.1) is 0 Å². The van der Waals surface area contributed by atoms with Crippen LogP contribution in [0.15, 0.2) is 53.4 Å². The first-order valence-corrected chi connectivity index (χ1v) is 8.88. The Morgan fingerprint density at radius 3 is 2.52 bits per heavy atom. The van der Waals surface area contributed by atoms with Gasteiger partial charge in [-0.3, -0.25) is 4.79 Å². The molecule has 0 unspecified atom stereocenters. The van der Waals surface area contributed by atoms with Crippen LogP contribution in [0.2, 0.25) is 0 Å². The molecule has 0 heterocycles. The maximum atomic E-state index is 12.9. The number of sulfonamides is 1. The summed E-state index contributed by atoms with van der Waals surface area (Å²) in [5.74, 6) is -0.309. The fraction of sp³-hybridized carbons (Fsp3) is 0.235. The van der Waals surface area contributed by atoms with Crippen LogP contribution in [0.25, 0.3) is 0 Å². The van der Waals surface area contributed by atoms with E-state index in [-0.39, 0.29) is 18.0 Å². The zero-order valence-corrected chi connectivity index (χ0v) is 14.7. The third kappa shape index (κ3) is 5.01. The van der Waals surface area contributed by atoms with Crippen molar-refractivity contribution in [3.63, 3.8) is 0 Å². The van der Waals surface area contributed by atoms with Crippen LogP contribution in [-0.4, -0.2) is 39.3 Å². The number of likely N-dealkylation sites (N-methyl/N-ethyl adjacent to an activating group) is 1. The minimum Gasteiger partial charge on any atom is -0.497 e. The van der Waals surface area contributed by atoms with Gasteiger partial charge < -0.3 is 10.1 Å². The SMILES string of the molecule is COc1cccc(CNC(=O)CN(C)S(=O)(=O)c2ccc(F)cc2)c1. The molecule has 0 fully saturated rings. The quantitative estimate of drug-likeness (QED) is 0.810. The lowest BCUT2D eigenvalue weighted by Crippen LogP contribution is -2.38. The van der Waals surface area contributed by atoms with Crippen LogP contribution in [0.4, 0.5) is 4.39 Å². The fourth-order valence-corrected chi connectivity index (χ4v) is 3.24. The Bertz CT molecular complexity index is 838. The van der Waals surface area contributed by atoms with E-state index in [0.29, 0.717) is 5.75 Å². The largest absolute Gasteiger partial charge is 0.497 e. The van der Waals surface area contributed by atoms with Crippen molar-refractivity contribution in [2.75, 3.05) is 20.7 Å². The van der Waals surface area contributed by atoms with E-state index in [1.165, 1.54) is 7.05 Å². The van der Waals surface area contributed by atoms with Crippen LogP contribution in [0.3, 0.4) is 0 Å². The summed E-state index contributed by atoms with van der Waals surface area (Å²) < 4.78 is 43.6. The van der Waals surface area contributed by atoms with Gasteiger partial charge in [0.15, 0.2) is 0 Å². The third-order valence-corrected chi connectivity index (χ3v) is 5.33. The van der Waals surface area contributed by atoms with Crippen molar-refractivity contribution in [2.45, 2.75) is 11.4 Å². The van der Waals surface area contributed by atoms with Crippen LogP contribution in [0.1, 0.15) is 5.56 Å². The Hall–Kier alpha value is -2.45. The molecular formula is C17H19FN2O4S. The lowest BCUT2D eigenvalue weighted by molar-refractivity contribution is -0.121. The van der Waals surface area contributed by atoms with Gasteiger partial charge in [-0.25, -0.2) is 12.8 Å². The molecule has 25 heavy (non-hydrogen) atoms. The van der Waals surface area contributed by atoms with Crippen molar-refractivity contribution in [1.82, 2.24) is 9.62 Å². The molecule has 0 radical (unpaired) electrons. The fourth-order valence-electron chi connectivity index (χ4n) is 2.11. The Morgan fingerprint density at radius 2 is 1.88 bits per heavy atom. The average molecular weight is 366 g/mol. The molecule has 1 amide bonds. The van der Waals surface area contributed by atoms with Gasteiger partial charge in [0.05, 0.1) is 18.6 Å². The van der Waals surface area contributed by atoms with Gasteiger partial charge >= 0.3 is 0 Å². The van der Waals surface area contributed by atoms with E-state index < -0.39 is 21.7 Å². The number of carbonyl (C=O) groups excluding carboxylic acids is 1. The molecule has 134 valence electrons. The van der Waals surface area contributed by atoms with Gasteiger partial charge in [-0.1, -0.05) is 12.1 Å². The maximum absolute atomic E-state index is 12.9. The highest BCUT2D eigenvalue weighted by Gasteiger charge is 2.22. The Labute approximate surface area is 146 Å². The number of rotatable bonds is 7. The summed E-state index contributed by atoms with van der Waals surface area (Å²) in [5, 5.41) is 2.65. The van der Waals surface area contributed by atoms with Crippen molar-refractivity contribution in [3.8, 4) is 5.75 Å². The molecule has 1 N–H and O–H groups in total. The molecule has 2 aromatic rings. The van der Waals surface area contributed by atoms with Crippen molar-refractivity contribution >= 4 is 15.9 Å². The van der Waals surface area contributed by atoms with E-state index in [1.54, 1.807) is 25.3 Å². The molecule has 0 spiro atoms. The summed E-state index contributed by atoms with van der Waals surface area (Å²) in [5.41, 5.74) is 0.830. The molecule has 0 aromatic heterocycles. The van der Waals surface area contributed by atoms with Crippen LogP contribution < -0.4 is 10.1 Å². The number of halogens is 1. The molecule has 0 atom stereocenters. The highest BCUT2D eigenvalue weighted by Crippen LogP contribution is 2.15. The van der Waals surface area contributed by atoms with Gasteiger partial charge in [-0.05, 0) is 42.0 Å². The number of methoxy groups -OCH3 is 1. The third-order valence-electron chi connectivity index (χ3n) is 3.51. The first kappa shape index (κ1) is 18.9. The second-order valence-electron chi connectivity index (χ2n) is 5.34. The number of benzene rings is 2. The van der Waals surface area contributed by atoms with Gasteiger partial charge in [0.2, 0.25) is 15.9 Å². The predicted molar refractivity (Wildman–Crippen MR) is 91.1 cm³/mol. The summed E-state index contributed by atoms with van der Waals surface area (Å²) >= 11 is 0. The van der Waals surface area contributed by atoms with Crippen LogP contribution >= 0.6 is 0 Å². The topological polar surface area (TPSA) is 75.7 Å². The predicted octanol–water partition coefficient (Wildman–Crippen LogP) is 1.77. The number of nitrogens with zero attached hydrogens (tertiary/aromatic N) is 1. The number of ether oxygens (including phenoxy) is 1. The Kier molecular flexibility index (Phi) is 6.11. The van der Waals surface area contributed by atoms with Crippen molar-refractivity contribution < 1.29 is 22.3 Å². The van der Waals surface area contributed by atoms with Crippen molar-refractivity contribution in [3.05, 3.63) is 59.9 Å². The lowest BCUT2D eigenvalue weighted by Gasteiger charge is -2.17. The molecule has 2 aromatic carbocycles. The number of nitrogens with one attached hydrogen (secondary N) is 1. The molecule has 0 aliphatic carbocycles. The molecular weight excluding hydrogens is 347 g/mol. The van der Waals surface area contributed by atoms with E-state index in [2.05, 4.69) is 5.32 Å². The number of amides is 1. The molecule has 6 nitrogen and oxygen atoms in total. The van der Waals surface area contributed by atoms with Crippen LogP contribution in [-0.2, 0) is 21.4 Å². The van der Waals surface area contributed by atoms with Gasteiger partial charge in [-0.2, -0.15) is 4.31 Å². The van der Waals surface area contributed by atoms with Crippen molar-refractivity contribution in [2.24, 2.45) is 0 Å². The molecule has 0 saturated carbocycles. The van der Waals surface area contributed by atoms with E-state index in [4.69, 9.17) is 4.74 Å². The molecule has 0 bridgehead atoms. The number of hydrogen-bond donors (Lipinski definition) is 1. The highest BCUT2D eigenvalue weighted by atomic mass is 32.2. The van der Waals surface area contributed by atoms with Crippen LogP contribution in [0, 0.1) is 5.82 Å². The minimum absolute atomic E-state index is 0.0722. The summed E-state index contributed by atoms with van der Waals surface area (Å²) in [4.78, 5) is 11.9. The highest BCUT2D eigenvalue weighted by molar-refractivity contribution is 7.89. The molecule has 8 heteroatoms. The lowest BCUT2D eigenvalue weighted by atomic mass is 10.2. The zero-order valence-electron chi connectivity index (χ0n) is 13.9. The van der Waals surface area contributed by atoms with E-state index >= 15 is 0 Å². The molecule has 2 rings (SSSR count). The van der Waals surface area contributed by atoms with Gasteiger partial charge in [0.25, 0.3) is 0 Å². The minimum atomic E-state index is -3.86. The number of carbonyl (C=O) groups is 1. The number of hydrogen-bond acceptors (Lipinski definition) is 4. The average Bonchev–Trinajstić information content (AvgIpc) is 2.60. The molecule has 0 aliphatic heterocycles. The molecule has 0 saturated heterocycles. The summed E-state index contributed by atoms with van der Waals surface area (Å²) in [6.45, 7) is -0.0931. The second kappa shape index (κ2) is 8.09.